The van der Waals surface area contributed by atoms with E-state index in [0.29, 0.717) is 31.5 Å². The maximum atomic E-state index is 5.66. The molecule has 1 heterocycles. The van der Waals surface area contributed by atoms with Crippen molar-refractivity contribution in [3.05, 3.63) is 23.1 Å². The van der Waals surface area contributed by atoms with Crippen LogP contribution in [0.5, 0.6) is 0 Å². The summed E-state index contributed by atoms with van der Waals surface area (Å²) in [6.45, 7) is 6.40. The number of ether oxygens (including phenoxy) is 2. The Hall–Kier alpha value is -0.550. The van der Waals surface area contributed by atoms with Crippen molar-refractivity contribution >= 4 is 11.6 Å². The predicted octanol–water partition coefficient (Wildman–Crippen LogP) is 2.42. The standard InChI is InChI=1S/C11H18ClNO3/c1-3-14-11(15-4-2)8-13-7-9-5-6-10(12)16-9/h5-6,11,13H,3-4,7-8H2,1-2H3. The maximum Gasteiger partial charge on any atom is 0.193 e. The number of hydrogen-bond acceptors (Lipinski definition) is 4. The van der Waals surface area contributed by atoms with Crippen molar-refractivity contribution in [2.45, 2.75) is 26.7 Å². The zero-order valence-corrected chi connectivity index (χ0v) is 10.4. The lowest BCUT2D eigenvalue weighted by Gasteiger charge is -2.16. The van der Waals surface area contributed by atoms with Crippen LogP contribution in [0.25, 0.3) is 0 Å². The Labute approximate surface area is 101 Å². The molecular formula is C11H18ClNO3. The average molecular weight is 248 g/mol. The van der Waals surface area contributed by atoms with E-state index in [9.17, 15) is 0 Å². The largest absolute Gasteiger partial charge is 0.448 e. The smallest absolute Gasteiger partial charge is 0.193 e. The summed E-state index contributed by atoms with van der Waals surface area (Å²) in [4.78, 5) is 0. The summed E-state index contributed by atoms with van der Waals surface area (Å²) >= 11 is 5.66. The topological polar surface area (TPSA) is 43.6 Å². The van der Waals surface area contributed by atoms with Crippen molar-refractivity contribution in [1.82, 2.24) is 5.32 Å². The van der Waals surface area contributed by atoms with Gasteiger partial charge in [-0.1, -0.05) is 0 Å². The van der Waals surface area contributed by atoms with Crippen LogP contribution < -0.4 is 5.32 Å². The van der Waals surface area contributed by atoms with Crippen LogP contribution in [0.4, 0.5) is 0 Å². The van der Waals surface area contributed by atoms with E-state index < -0.39 is 0 Å². The predicted molar refractivity (Wildman–Crippen MR) is 62.5 cm³/mol. The molecule has 5 heteroatoms. The van der Waals surface area contributed by atoms with E-state index in [-0.39, 0.29) is 6.29 Å². The van der Waals surface area contributed by atoms with Crippen LogP contribution in [0, 0.1) is 0 Å². The van der Waals surface area contributed by atoms with Crippen molar-refractivity contribution in [2.75, 3.05) is 19.8 Å². The summed E-state index contributed by atoms with van der Waals surface area (Å²) in [5.41, 5.74) is 0. The van der Waals surface area contributed by atoms with Gasteiger partial charge in [0.05, 0.1) is 6.54 Å². The Kier molecular flexibility index (Phi) is 6.49. The van der Waals surface area contributed by atoms with Gasteiger partial charge in [0.1, 0.15) is 5.76 Å². The molecular weight excluding hydrogens is 230 g/mol. The Morgan fingerprint density at radius 2 is 2.00 bits per heavy atom. The van der Waals surface area contributed by atoms with Crippen molar-refractivity contribution in [3.63, 3.8) is 0 Å². The Morgan fingerprint density at radius 1 is 1.31 bits per heavy atom. The molecule has 0 aromatic carbocycles. The summed E-state index contributed by atoms with van der Waals surface area (Å²) in [7, 11) is 0. The van der Waals surface area contributed by atoms with Crippen LogP contribution in [0.1, 0.15) is 19.6 Å². The van der Waals surface area contributed by atoms with Crippen LogP contribution in [-0.2, 0) is 16.0 Å². The number of furan rings is 1. The Balaban J connectivity index is 2.21. The molecule has 1 aromatic rings. The summed E-state index contributed by atoms with van der Waals surface area (Å²) in [5, 5.41) is 3.59. The molecule has 0 radical (unpaired) electrons. The van der Waals surface area contributed by atoms with Crippen LogP contribution in [0.2, 0.25) is 5.22 Å². The number of halogens is 1. The van der Waals surface area contributed by atoms with Crippen molar-refractivity contribution in [1.29, 1.82) is 0 Å². The normalized spacial score (nSPS) is 11.2. The molecule has 0 spiro atoms. The molecule has 0 unspecified atom stereocenters. The van der Waals surface area contributed by atoms with Gasteiger partial charge in [0.2, 0.25) is 0 Å². The fraction of sp³-hybridized carbons (Fsp3) is 0.636. The first-order chi connectivity index (χ1) is 7.76. The molecule has 1 N–H and O–H groups in total. The number of hydrogen-bond donors (Lipinski definition) is 1. The van der Waals surface area contributed by atoms with E-state index in [1.807, 2.05) is 19.9 Å². The minimum atomic E-state index is -0.208. The Morgan fingerprint density at radius 3 is 2.50 bits per heavy atom. The quantitative estimate of drug-likeness (QED) is 0.717. The van der Waals surface area contributed by atoms with E-state index in [1.54, 1.807) is 6.07 Å². The monoisotopic (exact) mass is 247 g/mol. The molecule has 0 saturated carbocycles. The fourth-order valence-electron chi connectivity index (χ4n) is 1.30. The molecule has 0 aliphatic rings. The summed E-state index contributed by atoms with van der Waals surface area (Å²) in [6, 6.07) is 3.56. The van der Waals surface area contributed by atoms with Gasteiger partial charge in [-0.2, -0.15) is 0 Å². The second kappa shape index (κ2) is 7.68. The van der Waals surface area contributed by atoms with E-state index in [0.717, 1.165) is 5.76 Å². The van der Waals surface area contributed by atoms with Gasteiger partial charge < -0.3 is 19.2 Å². The van der Waals surface area contributed by atoms with E-state index in [4.69, 9.17) is 25.5 Å². The molecule has 0 atom stereocenters. The van der Waals surface area contributed by atoms with Gasteiger partial charge in [0, 0.05) is 19.8 Å². The number of nitrogens with one attached hydrogen (secondary N) is 1. The second-order valence-corrected chi connectivity index (χ2v) is 3.55. The highest BCUT2D eigenvalue weighted by Gasteiger charge is 2.07. The number of rotatable bonds is 8. The van der Waals surface area contributed by atoms with Gasteiger partial charge >= 0.3 is 0 Å². The molecule has 0 bridgehead atoms. The zero-order valence-electron chi connectivity index (χ0n) is 9.66. The summed E-state index contributed by atoms with van der Waals surface area (Å²) in [5.74, 6) is 0.803. The molecule has 0 amide bonds. The molecule has 4 nitrogen and oxygen atoms in total. The SMILES string of the molecule is CCOC(CNCc1ccc(Cl)o1)OCC. The third kappa shape index (κ3) is 4.99. The Bertz CT molecular complexity index is 285. The summed E-state index contributed by atoms with van der Waals surface area (Å²) < 4.78 is 16.0. The van der Waals surface area contributed by atoms with Crippen molar-refractivity contribution in [3.8, 4) is 0 Å². The molecule has 16 heavy (non-hydrogen) atoms. The van der Waals surface area contributed by atoms with Crippen LogP contribution in [0.3, 0.4) is 0 Å². The molecule has 1 aromatic heterocycles. The highest BCUT2D eigenvalue weighted by Crippen LogP contribution is 2.12. The zero-order chi connectivity index (χ0) is 11.8. The van der Waals surface area contributed by atoms with Gasteiger partial charge in [-0.15, -0.1) is 0 Å². The third-order valence-electron chi connectivity index (χ3n) is 1.94. The lowest BCUT2D eigenvalue weighted by atomic mass is 10.4. The van der Waals surface area contributed by atoms with Gasteiger partial charge in [-0.3, -0.25) is 0 Å². The highest BCUT2D eigenvalue weighted by molar-refractivity contribution is 6.28. The van der Waals surface area contributed by atoms with Crippen molar-refractivity contribution in [2.24, 2.45) is 0 Å². The molecule has 0 aliphatic heterocycles. The van der Waals surface area contributed by atoms with Crippen LogP contribution >= 0.6 is 11.6 Å². The molecule has 92 valence electrons. The first-order valence-electron chi connectivity index (χ1n) is 5.44. The van der Waals surface area contributed by atoms with Crippen LogP contribution in [-0.4, -0.2) is 26.0 Å². The van der Waals surface area contributed by atoms with Crippen molar-refractivity contribution < 1.29 is 13.9 Å². The van der Waals surface area contributed by atoms with E-state index in [1.165, 1.54) is 0 Å². The van der Waals surface area contributed by atoms with Gasteiger partial charge in [0.25, 0.3) is 0 Å². The van der Waals surface area contributed by atoms with Gasteiger partial charge in [-0.25, -0.2) is 0 Å². The first kappa shape index (κ1) is 13.5. The molecule has 0 fully saturated rings. The fourth-order valence-corrected chi connectivity index (χ4v) is 1.46. The minimum Gasteiger partial charge on any atom is -0.448 e. The molecule has 0 aliphatic carbocycles. The second-order valence-electron chi connectivity index (χ2n) is 3.18. The van der Waals surface area contributed by atoms with E-state index >= 15 is 0 Å². The first-order valence-corrected chi connectivity index (χ1v) is 5.82. The highest BCUT2D eigenvalue weighted by atomic mass is 35.5. The minimum absolute atomic E-state index is 0.208. The lowest BCUT2D eigenvalue weighted by molar-refractivity contribution is -0.133. The average Bonchev–Trinajstić information content (AvgIpc) is 2.65. The van der Waals surface area contributed by atoms with E-state index in [2.05, 4.69) is 5.32 Å². The lowest BCUT2D eigenvalue weighted by Crippen LogP contribution is -2.31. The van der Waals surface area contributed by atoms with Crippen LogP contribution in [0.15, 0.2) is 16.5 Å². The third-order valence-corrected chi connectivity index (χ3v) is 2.15. The van der Waals surface area contributed by atoms with Gasteiger partial charge in [0.15, 0.2) is 11.5 Å². The molecule has 1 rings (SSSR count). The molecule has 0 saturated heterocycles. The maximum absolute atomic E-state index is 5.66. The summed E-state index contributed by atoms with van der Waals surface area (Å²) in [6.07, 6.45) is -0.208. The van der Waals surface area contributed by atoms with Gasteiger partial charge in [-0.05, 0) is 37.6 Å².